The number of benzene rings is 2. The van der Waals surface area contributed by atoms with Crippen LogP contribution >= 0.6 is 11.6 Å². The fourth-order valence-electron chi connectivity index (χ4n) is 3.39. The molecule has 0 aromatic heterocycles. The van der Waals surface area contributed by atoms with E-state index in [1.165, 1.54) is 0 Å². The molecule has 6 heteroatoms. The first-order valence-corrected chi connectivity index (χ1v) is 9.45. The summed E-state index contributed by atoms with van der Waals surface area (Å²) < 4.78 is 0. The van der Waals surface area contributed by atoms with Gasteiger partial charge in [0.25, 0.3) is 5.91 Å². The lowest BCUT2D eigenvalue weighted by molar-refractivity contribution is -0.133. The van der Waals surface area contributed by atoms with Crippen molar-refractivity contribution in [3.8, 4) is 0 Å². The fourth-order valence-corrected chi connectivity index (χ4v) is 3.58. The van der Waals surface area contributed by atoms with Crippen LogP contribution in [0.1, 0.15) is 22.3 Å². The van der Waals surface area contributed by atoms with E-state index < -0.39 is 0 Å². The third-order valence-electron chi connectivity index (χ3n) is 4.85. The van der Waals surface area contributed by atoms with Gasteiger partial charge in [0.15, 0.2) is 0 Å². The molecule has 0 unspecified atom stereocenters. The molecule has 1 atom stereocenters. The van der Waals surface area contributed by atoms with Gasteiger partial charge in [-0.3, -0.25) is 9.59 Å². The first kappa shape index (κ1) is 19.4. The maximum atomic E-state index is 12.7. The van der Waals surface area contributed by atoms with Crippen LogP contribution in [-0.4, -0.2) is 59.0 Å². The Morgan fingerprint density at radius 2 is 1.85 bits per heavy atom. The monoisotopic (exact) mass is 386 g/mol. The second-order valence-electron chi connectivity index (χ2n) is 6.67. The summed E-state index contributed by atoms with van der Waals surface area (Å²) in [5.41, 5.74) is 1.59. The van der Waals surface area contributed by atoms with Crippen molar-refractivity contribution in [2.24, 2.45) is 0 Å². The molecule has 0 bridgehead atoms. The van der Waals surface area contributed by atoms with Crippen molar-refractivity contribution in [1.82, 2.24) is 9.80 Å². The molecule has 27 heavy (non-hydrogen) atoms. The molecular formula is C21H23ClN2O3. The van der Waals surface area contributed by atoms with Crippen LogP contribution in [0, 0.1) is 0 Å². The first-order chi connectivity index (χ1) is 13.1. The van der Waals surface area contributed by atoms with E-state index in [1.54, 1.807) is 34.1 Å². The van der Waals surface area contributed by atoms with E-state index >= 15 is 0 Å². The summed E-state index contributed by atoms with van der Waals surface area (Å²) in [6, 6.07) is 16.3. The van der Waals surface area contributed by atoms with E-state index in [9.17, 15) is 14.7 Å². The van der Waals surface area contributed by atoms with Gasteiger partial charge in [-0.15, -0.1) is 0 Å². The Kier molecular flexibility index (Phi) is 6.48. The zero-order chi connectivity index (χ0) is 19.2. The van der Waals surface area contributed by atoms with Crippen LogP contribution in [0.4, 0.5) is 0 Å². The number of rotatable bonds is 5. The number of amides is 2. The highest BCUT2D eigenvalue weighted by atomic mass is 35.5. The van der Waals surface area contributed by atoms with Crippen molar-refractivity contribution in [3.05, 3.63) is 70.7 Å². The second kappa shape index (κ2) is 9.02. The van der Waals surface area contributed by atoms with Gasteiger partial charge < -0.3 is 14.9 Å². The summed E-state index contributed by atoms with van der Waals surface area (Å²) in [5.74, 6) is -0.165. The molecule has 2 amide bonds. The number of nitrogens with zero attached hydrogens (tertiary/aromatic N) is 2. The summed E-state index contributed by atoms with van der Waals surface area (Å²) in [7, 11) is 0. The van der Waals surface area contributed by atoms with Crippen molar-refractivity contribution >= 4 is 23.4 Å². The Morgan fingerprint density at radius 3 is 2.56 bits per heavy atom. The molecule has 1 saturated heterocycles. The summed E-state index contributed by atoms with van der Waals surface area (Å²) in [6.07, 6.45) is 0.836. The molecule has 1 heterocycles. The van der Waals surface area contributed by atoms with Crippen molar-refractivity contribution in [1.29, 1.82) is 0 Å². The van der Waals surface area contributed by atoms with Crippen LogP contribution in [-0.2, 0) is 11.2 Å². The summed E-state index contributed by atoms with van der Waals surface area (Å²) in [5, 5.41) is 10.4. The minimum atomic E-state index is -0.291. The molecule has 1 N–H and O–H groups in total. The number of carbonyl (C=O) groups excluding carboxylic acids is 2. The number of hydrogen-bond donors (Lipinski definition) is 1. The van der Waals surface area contributed by atoms with Crippen LogP contribution in [0.5, 0.6) is 0 Å². The maximum Gasteiger partial charge on any atom is 0.253 e. The van der Waals surface area contributed by atoms with Gasteiger partial charge >= 0.3 is 0 Å². The lowest BCUT2D eigenvalue weighted by atomic mass is 10.0. The van der Waals surface area contributed by atoms with E-state index in [4.69, 9.17) is 11.6 Å². The Morgan fingerprint density at radius 1 is 1.07 bits per heavy atom. The fraction of sp³-hybridized carbons (Fsp3) is 0.333. The molecule has 0 aliphatic carbocycles. The van der Waals surface area contributed by atoms with Crippen LogP contribution in [0.3, 0.4) is 0 Å². The maximum absolute atomic E-state index is 12.7. The third kappa shape index (κ3) is 4.87. The Bertz CT molecular complexity index is 797. The zero-order valence-corrected chi connectivity index (χ0v) is 15.8. The summed E-state index contributed by atoms with van der Waals surface area (Å²) in [6.45, 7) is 1.10. The lowest BCUT2D eigenvalue weighted by Crippen LogP contribution is -2.45. The number of hydrogen-bond acceptors (Lipinski definition) is 3. The predicted molar refractivity (Wildman–Crippen MR) is 105 cm³/mol. The van der Waals surface area contributed by atoms with E-state index in [-0.39, 0.29) is 30.9 Å². The first-order valence-electron chi connectivity index (χ1n) is 9.07. The Hall–Kier alpha value is -2.37. The molecule has 0 saturated carbocycles. The highest BCUT2D eigenvalue weighted by Gasteiger charge is 2.29. The molecule has 1 aliphatic heterocycles. The molecule has 2 aromatic carbocycles. The van der Waals surface area contributed by atoms with E-state index in [0.717, 1.165) is 5.56 Å². The molecule has 2 aromatic rings. The van der Waals surface area contributed by atoms with Gasteiger partial charge in [-0.1, -0.05) is 48.0 Å². The van der Waals surface area contributed by atoms with Crippen LogP contribution < -0.4 is 0 Å². The van der Waals surface area contributed by atoms with Crippen LogP contribution in [0.2, 0.25) is 5.02 Å². The second-order valence-corrected chi connectivity index (χ2v) is 7.10. The highest BCUT2D eigenvalue weighted by Crippen LogP contribution is 2.17. The van der Waals surface area contributed by atoms with Crippen molar-refractivity contribution in [3.63, 3.8) is 0 Å². The largest absolute Gasteiger partial charge is 0.394 e. The molecule has 0 radical (unpaired) electrons. The van der Waals surface area contributed by atoms with Crippen molar-refractivity contribution in [2.75, 3.05) is 26.2 Å². The summed E-state index contributed by atoms with van der Waals surface area (Å²) >= 11 is 5.98. The highest BCUT2D eigenvalue weighted by molar-refractivity contribution is 6.30. The van der Waals surface area contributed by atoms with Gasteiger partial charge in [-0.25, -0.2) is 0 Å². The van der Waals surface area contributed by atoms with Gasteiger partial charge in [0, 0.05) is 36.6 Å². The quantitative estimate of drug-likeness (QED) is 0.859. The summed E-state index contributed by atoms with van der Waals surface area (Å²) in [4.78, 5) is 28.7. The van der Waals surface area contributed by atoms with Crippen molar-refractivity contribution in [2.45, 2.75) is 18.9 Å². The van der Waals surface area contributed by atoms with Crippen LogP contribution in [0.25, 0.3) is 0 Å². The molecule has 3 rings (SSSR count). The van der Waals surface area contributed by atoms with Gasteiger partial charge in [-0.05, 0) is 30.2 Å². The van der Waals surface area contributed by atoms with E-state index in [1.807, 2.05) is 30.3 Å². The molecule has 142 valence electrons. The molecule has 1 fully saturated rings. The van der Waals surface area contributed by atoms with Gasteiger partial charge in [0.05, 0.1) is 12.6 Å². The normalized spacial score (nSPS) is 16.1. The minimum Gasteiger partial charge on any atom is -0.394 e. The number of halogens is 1. The standard InChI is InChI=1S/C21H23ClN2O3/c22-18-8-4-7-17(14-18)21(27)23-10-9-20(26)24(12-11-23)19(15-25)13-16-5-2-1-3-6-16/h1-8,14,19,25H,9-13,15H2/t19-/m0/s1. The average Bonchev–Trinajstić information content (AvgIpc) is 2.88. The van der Waals surface area contributed by atoms with Gasteiger partial charge in [-0.2, -0.15) is 0 Å². The number of carbonyl (C=O) groups is 2. The smallest absolute Gasteiger partial charge is 0.253 e. The zero-order valence-electron chi connectivity index (χ0n) is 15.1. The van der Waals surface area contributed by atoms with Gasteiger partial charge in [0.1, 0.15) is 0 Å². The van der Waals surface area contributed by atoms with Crippen molar-refractivity contribution < 1.29 is 14.7 Å². The SMILES string of the molecule is O=C(c1cccc(Cl)c1)N1CCC(=O)N([C@H](CO)Cc2ccccc2)CC1. The number of aliphatic hydroxyl groups excluding tert-OH is 1. The Balaban J connectivity index is 1.69. The minimum absolute atomic E-state index is 0.0358. The molecule has 0 spiro atoms. The van der Waals surface area contributed by atoms with E-state index in [2.05, 4.69) is 0 Å². The van der Waals surface area contributed by atoms with Gasteiger partial charge in [0.2, 0.25) is 5.91 Å². The average molecular weight is 387 g/mol. The topological polar surface area (TPSA) is 60.9 Å². The molecular weight excluding hydrogens is 364 g/mol. The molecule has 5 nitrogen and oxygen atoms in total. The van der Waals surface area contributed by atoms with E-state index in [0.29, 0.717) is 36.6 Å². The molecule has 1 aliphatic rings. The Labute approximate surface area is 164 Å². The number of aliphatic hydroxyl groups is 1. The lowest BCUT2D eigenvalue weighted by Gasteiger charge is -2.30. The predicted octanol–water partition coefficient (Wildman–Crippen LogP) is 2.62. The van der Waals surface area contributed by atoms with Crippen LogP contribution in [0.15, 0.2) is 54.6 Å². The third-order valence-corrected chi connectivity index (χ3v) is 5.09.